The van der Waals surface area contributed by atoms with Crippen molar-refractivity contribution in [1.29, 1.82) is 0 Å². The Labute approximate surface area is 105 Å². The van der Waals surface area contributed by atoms with Crippen LogP contribution in [0.3, 0.4) is 0 Å². The topological polar surface area (TPSA) is 74.2 Å². The number of nitrogens with zero attached hydrogens (tertiary/aromatic N) is 2. The van der Waals surface area contributed by atoms with Gasteiger partial charge in [-0.25, -0.2) is 0 Å². The van der Waals surface area contributed by atoms with Crippen LogP contribution in [0.2, 0.25) is 0 Å². The second kappa shape index (κ2) is 5.84. The lowest BCUT2D eigenvalue weighted by Crippen LogP contribution is -2.12. The molecule has 0 radical (unpaired) electrons. The second-order valence-corrected chi connectivity index (χ2v) is 5.36. The van der Waals surface area contributed by atoms with E-state index in [0.29, 0.717) is 17.6 Å². The van der Waals surface area contributed by atoms with Crippen LogP contribution in [0.25, 0.3) is 0 Å². The van der Waals surface area contributed by atoms with E-state index < -0.39 is 0 Å². The molecule has 1 saturated carbocycles. The summed E-state index contributed by atoms with van der Waals surface area (Å²) in [6, 6.07) is -0.166. The summed E-state index contributed by atoms with van der Waals surface area (Å²) >= 11 is 1.76. The molecular weight excluding hydrogens is 238 g/mol. The van der Waals surface area contributed by atoms with Crippen molar-refractivity contribution in [2.24, 2.45) is 11.7 Å². The number of ether oxygens (including phenoxy) is 1. The molecule has 1 aliphatic rings. The summed E-state index contributed by atoms with van der Waals surface area (Å²) in [5.41, 5.74) is 5.98. The molecule has 2 rings (SSSR count). The molecule has 1 fully saturated rings. The fourth-order valence-electron chi connectivity index (χ4n) is 1.79. The van der Waals surface area contributed by atoms with Gasteiger partial charge in [-0.1, -0.05) is 5.16 Å². The summed E-state index contributed by atoms with van der Waals surface area (Å²) < 4.78 is 10.6. The molecule has 1 aliphatic carbocycles. The highest BCUT2D eigenvalue weighted by Gasteiger charge is 2.35. The van der Waals surface area contributed by atoms with Gasteiger partial charge >= 0.3 is 0 Å². The van der Waals surface area contributed by atoms with Crippen LogP contribution in [-0.2, 0) is 4.74 Å². The summed E-state index contributed by atoms with van der Waals surface area (Å²) in [5.74, 6) is 2.71. The lowest BCUT2D eigenvalue weighted by Gasteiger charge is -2.08. The van der Waals surface area contributed by atoms with Gasteiger partial charge in [-0.05, 0) is 37.2 Å². The highest BCUT2D eigenvalue weighted by Crippen LogP contribution is 2.42. The van der Waals surface area contributed by atoms with Crippen molar-refractivity contribution in [3.8, 4) is 0 Å². The van der Waals surface area contributed by atoms with Crippen molar-refractivity contribution in [2.45, 2.75) is 31.4 Å². The molecule has 0 spiro atoms. The highest BCUT2D eigenvalue weighted by atomic mass is 32.2. The average Bonchev–Trinajstić information content (AvgIpc) is 3.04. The lowest BCUT2D eigenvalue weighted by atomic mass is 10.2. The third-order valence-corrected chi connectivity index (χ3v) is 3.61. The molecule has 96 valence electrons. The van der Waals surface area contributed by atoms with E-state index in [2.05, 4.69) is 16.4 Å². The van der Waals surface area contributed by atoms with Gasteiger partial charge in [0.15, 0.2) is 0 Å². The molecule has 2 N–H and O–H groups in total. The van der Waals surface area contributed by atoms with E-state index >= 15 is 0 Å². The Morgan fingerprint density at radius 1 is 1.59 bits per heavy atom. The molecule has 17 heavy (non-hydrogen) atoms. The van der Waals surface area contributed by atoms with E-state index in [1.165, 1.54) is 12.8 Å². The fraction of sp³-hybridized carbons (Fsp3) is 0.818. The maximum atomic E-state index is 5.98. The molecule has 5 nitrogen and oxygen atoms in total. The number of hydrogen-bond acceptors (Lipinski definition) is 6. The zero-order chi connectivity index (χ0) is 12.3. The maximum absolute atomic E-state index is 5.98. The van der Waals surface area contributed by atoms with Crippen molar-refractivity contribution in [3.63, 3.8) is 0 Å². The van der Waals surface area contributed by atoms with Crippen LogP contribution < -0.4 is 5.73 Å². The summed E-state index contributed by atoms with van der Waals surface area (Å²) in [7, 11) is 1.69. The van der Waals surface area contributed by atoms with Crippen LogP contribution in [0.1, 0.15) is 43.1 Å². The first-order chi connectivity index (χ1) is 8.26. The number of hydrogen-bond donors (Lipinski definition) is 1. The molecule has 1 aromatic heterocycles. The van der Waals surface area contributed by atoms with Gasteiger partial charge < -0.3 is 15.0 Å². The minimum Gasteiger partial charge on any atom is -0.373 e. The average molecular weight is 257 g/mol. The predicted octanol–water partition coefficient (Wildman–Crippen LogP) is 1.92. The monoisotopic (exact) mass is 257 g/mol. The smallest absolute Gasteiger partial charge is 0.243 e. The number of aromatic nitrogens is 2. The summed E-state index contributed by atoms with van der Waals surface area (Å²) in [5, 5.41) is 3.98. The molecule has 0 aromatic carbocycles. The van der Waals surface area contributed by atoms with E-state index in [1.807, 2.05) is 0 Å². The number of nitrogens with two attached hydrogens (primary N) is 1. The molecule has 0 saturated heterocycles. The van der Waals surface area contributed by atoms with Gasteiger partial charge in [0, 0.05) is 7.11 Å². The Morgan fingerprint density at radius 3 is 2.94 bits per heavy atom. The standard InChI is InChI=1S/C11H19N3O2S/c1-15-9(7-3-4-7)10-13-11(16-14-10)8(12)5-6-17-2/h7-9H,3-6,12H2,1-2H3/t8-,9?/m0/s1. The van der Waals surface area contributed by atoms with Gasteiger partial charge in [-0.2, -0.15) is 16.7 Å². The van der Waals surface area contributed by atoms with Gasteiger partial charge in [0.1, 0.15) is 6.10 Å². The first-order valence-electron chi connectivity index (χ1n) is 5.87. The molecule has 1 heterocycles. The minimum atomic E-state index is -0.166. The van der Waals surface area contributed by atoms with Crippen molar-refractivity contribution in [2.75, 3.05) is 19.1 Å². The number of rotatable bonds is 7. The molecular formula is C11H19N3O2S. The molecule has 0 aliphatic heterocycles. The van der Waals surface area contributed by atoms with Crippen molar-refractivity contribution in [1.82, 2.24) is 10.1 Å². The Kier molecular flexibility index (Phi) is 4.42. The third kappa shape index (κ3) is 3.20. The molecule has 0 amide bonds. The molecule has 0 bridgehead atoms. The van der Waals surface area contributed by atoms with E-state index in [1.54, 1.807) is 18.9 Å². The van der Waals surface area contributed by atoms with Crippen LogP contribution in [-0.4, -0.2) is 29.3 Å². The van der Waals surface area contributed by atoms with Gasteiger partial charge in [0.05, 0.1) is 6.04 Å². The highest BCUT2D eigenvalue weighted by molar-refractivity contribution is 7.98. The zero-order valence-electron chi connectivity index (χ0n) is 10.3. The minimum absolute atomic E-state index is 0.0275. The van der Waals surface area contributed by atoms with Crippen molar-refractivity contribution >= 4 is 11.8 Å². The summed E-state index contributed by atoms with van der Waals surface area (Å²) in [6.07, 6.45) is 5.24. The van der Waals surface area contributed by atoms with Gasteiger partial charge in [0.25, 0.3) is 0 Å². The normalized spacial score (nSPS) is 19.2. The van der Waals surface area contributed by atoms with Crippen LogP contribution in [0.4, 0.5) is 0 Å². The zero-order valence-corrected chi connectivity index (χ0v) is 11.1. The van der Waals surface area contributed by atoms with Gasteiger partial charge in [-0.15, -0.1) is 0 Å². The second-order valence-electron chi connectivity index (χ2n) is 4.37. The maximum Gasteiger partial charge on any atom is 0.243 e. The first-order valence-corrected chi connectivity index (χ1v) is 7.26. The molecule has 1 aromatic rings. The van der Waals surface area contributed by atoms with Crippen molar-refractivity contribution in [3.05, 3.63) is 11.7 Å². The van der Waals surface area contributed by atoms with E-state index in [9.17, 15) is 0 Å². The Balaban J connectivity index is 1.98. The van der Waals surface area contributed by atoms with Crippen LogP contribution in [0.5, 0.6) is 0 Å². The van der Waals surface area contributed by atoms with Gasteiger partial charge in [-0.3, -0.25) is 0 Å². The number of methoxy groups -OCH3 is 1. The first kappa shape index (κ1) is 12.9. The third-order valence-electron chi connectivity index (χ3n) is 2.97. The van der Waals surface area contributed by atoms with E-state index in [0.717, 1.165) is 12.2 Å². The Morgan fingerprint density at radius 2 is 2.35 bits per heavy atom. The van der Waals surface area contributed by atoms with Crippen LogP contribution in [0, 0.1) is 5.92 Å². The Hall–Kier alpha value is -0.590. The van der Waals surface area contributed by atoms with Crippen LogP contribution >= 0.6 is 11.8 Å². The fourth-order valence-corrected chi connectivity index (χ4v) is 2.28. The largest absolute Gasteiger partial charge is 0.373 e. The lowest BCUT2D eigenvalue weighted by molar-refractivity contribution is 0.0751. The molecule has 6 heteroatoms. The quantitative estimate of drug-likeness (QED) is 0.804. The molecule has 1 unspecified atom stereocenters. The summed E-state index contributed by atoms with van der Waals surface area (Å²) in [6.45, 7) is 0. The van der Waals surface area contributed by atoms with E-state index in [4.69, 9.17) is 15.0 Å². The molecule has 2 atom stereocenters. The summed E-state index contributed by atoms with van der Waals surface area (Å²) in [4.78, 5) is 4.36. The predicted molar refractivity (Wildman–Crippen MR) is 66.7 cm³/mol. The number of thioether (sulfide) groups is 1. The Bertz CT molecular complexity index is 354. The van der Waals surface area contributed by atoms with Crippen LogP contribution in [0.15, 0.2) is 4.52 Å². The van der Waals surface area contributed by atoms with Crippen molar-refractivity contribution < 1.29 is 9.26 Å². The van der Waals surface area contributed by atoms with E-state index in [-0.39, 0.29) is 12.1 Å². The SMILES string of the molecule is COC(c1noc([C@@H](N)CCSC)n1)C1CC1. The van der Waals surface area contributed by atoms with Gasteiger partial charge in [0.2, 0.25) is 11.7 Å².